The minimum absolute atomic E-state index is 0.112. The standard InChI is InChI=1S/C24H16O4/c25-21-9-5-15(6-10-21)23(27)19-3-1-17-13-20(4-2-18(17)14-19)24(28)16-7-11-22(26)12-8-16/h1-14,25-26H. The van der Waals surface area contributed by atoms with E-state index in [9.17, 15) is 19.8 Å². The lowest BCUT2D eigenvalue weighted by Crippen LogP contribution is -2.02. The molecule has 0 fully saturated rings. The zero-order valence-corrected chi connectivity index (χ0v) is 14.8. The van der Waals surface area contributed by atoms with Gasteiger partial charge in [-0.15, -0.1) is 0 Å². The molecule has 4 heteroatoms. The maximum atomic E-state index is 12.6. The molecule has 0 amide bonds. The van der Waals surface area contributed by atoms with Crippen LogP contribution in [0, 0.1) is 0 Å². The van der Waals surface area contributed by atoms with Crippen LogP contribution < -0.4 is 0 Å². The summed E-state index contributed by atoms with van der Waals surface area (Å²) in [5, 5.41) is 20.4. The van der Waals surface area contributed by atoms with Crippen molar-refractivity contribution in [3.63, 3.8) is 0 Å². The lowest BCUT2D eigenvalue weighted by molar-refractivity contribution is 0.103. The van der Waals surface area contributed by atoms with Crippen molar-refractivity contribution < 1.29 is 19.8 Å². The third-order valence-corrected chi connectivity index (χ3v) is 4.62. The number of hydrogen-bond donors (Lipinski definition) is 2. The van der Waals surface area contributed by atoms with Gasteiger partial charge >= 0.3 is 0 Å². The molecule has 28 heavy (non-hydrogen) atoms. The van der Waals surface area contributed by atoms with E-state index in [1.165, 1.54) is 24.3 Å². The van der Waals surface area contributed by atoms with Crippen molar-refractivity contribution >= 4 is 22.3 Å². The number of phenolic OH excluding ortho intramolecular Hbond substituents is 2. The Balaban J connectivity index is 1.65. The molecule has 0 bridgehead atoms. The zero-order valence-electron chi connectivity index (χ0n) is 14.8. The van der Waals surface area contributed by atoms with Crippen LogP contribution in [0.3, 0.4) is 0 Å². The molecular formula is C24H16O4. The van der Waals surface area contributed by atoms with Gasteiger partial charge in [0, 0.05) is 22.3 Å². The number of carbonyl (C=O) groups is 2. The molecule has 4 nitrogen and oxygen atoms in total. The first-order chi connectivity index (χ1) is 13.5. The van der Waals surface area contributed by atoms with E-state index >= 15 is 0 Å². The van der Waals surface area contributed by atoms with Gasteiger partial charge in [-0.25, -0.2) is 0 Å². The number of hydrogen-bond acceptors (Lipinski definition) is 4. The first-order valence-electron chi connectivity index (χ1n) is 8.72. The molecule has 0 aliphatic carbocycles. The molecule has 0 aliphatic heterocycles. The lowest BCUT2D eigenvalue weighted by Gasteiger charge is -2.06. The van der Waals surface area contributed by atoms with Gasteiger partial charge < -0.3 is 10.2 Å². The van der Waals surface area contributed by atoms with Crippen LogP contribution in [0.25, 0.3) is 10.8 Å². The van der Waals surface area contributed by atoms with Crippen molar-refractivity contribution in [1.29, 1.82) is 0 Å². The van der Waals surface area contributed by atoms with Crippen molar-refractivity contribution in [2.45, 2.75) is 0 Å². The number of rotatable bonds is 4. The van der Waals surface area contributed by atoms with Gasteiger partial charge in [0.1, 0.15) is 11.5 Å². The van der Waals surface area contributed by atoms with Gasteiger partial charge in [0.05, 0.1) is 0 Å². The first-order valence-corrected chi connectivity index (χ1v) is 8.72. The molecule has 0 aliphatic rings. The highest BCUT2D eigenvalue weighted by molar-refractivity contribution is 6.12. The van der Waals surface area contributed by atoms with E-state index < -0.39 is 0 Å². The van der Waals surface area contributed by atoms with Crippen LogP contribution in [0.1, 0.15) is 31.8 Å². The summed E-state index contributed by atoms with van der Waals surface area (Å²) >= 11 is 0. The Morgan fingerprint density at radius 3 is 1.14 bits per heavy atom. The van der Waals surface area contributed by atoms with Crippen LogP contribution in [-0.4, -0.2) is 21.8 Å². The minimum Gasteiger partial charge on any atom is -0.508 e. The highest BCUT2D eigenvalue weighted by Crippen LogP contribution is 2.22. The normalized spacial score (nSPS) is 10.7. The average molecular weight is 368 g/mol. The van der Waals surface area contributed by atoms with E-state index in [0.717, 1.165) is 10.8 Å². The molecule has 4 aromatic carbocycles. The van der Waals surface area contributed by atoms with Gasteiger partial charge in [0.25, 0.3) is 0 Å². The summed E-state index contributed by atoms with van der Waals surface area (Å²) < 4.78 is 0. The topological polar surface area (TPSA) is 74.6 Å². The molecule has 0 atom stereocenters. The van der Waals surface area contributed by atoms with Crippen molar-refractivity contribution in [2.24, 2.45) is 0 Å². The molecule has 0 saturated heterocycles. The van der Waals surface area contributed by atoms with Crippen LogP contribution in [0.4, 0.5) is 0 Å². The molecular weight excluding hydrogens is 352 g/mol. The Hall–Kier alpha value is -3.92. The summed E-state index contributed by atoms with van der Waals surface area (Å²) in [6, 6.07) is 22.9. The minimum atomic E-state index is -0.133. The largest absolute Gasteiger partial charge is 0.508 e. The maximum absolute atomic E-state index is 12.6. The Bertz CT molecular complexity index is 1090. The number of benzene rings is 4. The average Bonchev–Trinajstić information content (AvgIpc) is 2.73. The molecule has 4 rings (SSSR count). The molecule has 136 valence electrons. The van der Waals surface area contributed by atoms with Crippen molar-refractivity contribution in [2.75, 3.05) is 0 Å². The fourth-order valence-electron chi connectivity index (χ4n) is 3.09. The van der Waals surface area contributed by atoms with E-state index in [0.29, 0.717) is 22.3 Å². The van der Waals surface area contributed by atoms with Gasteiger partial charge in [0.2, 0.25) is 0 Å². The zero-order chi connectivity index (χ0) is 19.7. The van der Waals surface area contributed by atoms with Crippen LogP contribution in [0.5, 0.6) is 11.5 Å². The Kier molecular flexibility index (Phi) is 4.38. The van der Waals surface area contributed by atoms with Gasteiger partial charge in [-0.05, 0) is 71.4 Å². The fourth-order valence-corrected chi connectivity index (χ4v) is 3.09. The summed E-state index contributed by atoms with van der Waals surface area (Å²) in [5.74, 6) is -0.0425. The summed E-state index contributed by atoms with van der Waals surface area (Å²) in [6.07, 6.45) is 0. The second kappa shape index (κ2) is 7.00. The Morgan fingerprint density at radius 1 is 0.464 bits per heavy atom. The molecule has 0 aromatic heterocycles. The first kappa shape index (κ1) is 17.5. The molecule has 4 aromatic rings. The van der Waals surface area contributed by atoms with Crippen LogP contribution in [0.2, 0.25) is 0 Å². The molecule has 0 saturated carbocycles. The van der Waals surface area contributed by atoms with Gasteiger partial charge in [-0.2, -0.15) is 0 Å². The maximum Gasteiger partial charge on any atom is 0.193 e. The molecule has 0 heterocycles. The molecule has 0 unspecified atom stereocenters. The number of aromatic hydroxyl groups is 2. The van der Waals surface area contributed by atoms with E-state index in [2.05, 4.69) is 0 Å². The van der Waals surface area contributed by atoms with Gasteiger partial charge in [0.15, 0.2) is 11.6 Å². The third-order valence-electron chi connectivity index (χ3n) is 4.62. The van der Waals surface area contributed by atoms with Crippen LogP contribution in [-0.2, 0) is 0 Å². The second-order valence-corrected chi connectivity index (χ2v) is 6.53. The second-order valence-electron chi connectivity index (χ2n) is 6.53. The summed E-state index contributed by atoms with van der Waals surface area (Å²) in [5.41, 5.74) is 2.07. The predicted octanol–water partition coefficient (Wildman–Crippen LogP) is 4.71. The van der Waals surface area contributed by atoms with Crippen LogP contribution >= 0.6 is 0 Å². The summed E-state index contributed by atoms with van der Waals surface area (Å²) in [7, 11) is 0. The van der Waals surface area contributed by atoms with Crippen molar-refractivity contribution in [1.82, 2.24) is 0 Å². The Morgan fingerprint density at radius 2 is 0.786 bits per heavy atom. The number of ketones is 2. The van der Waals surface area contributed by atoms with Crippen molar-refractivity contribution in [3.8, 4) is 11.5 Å². The SMILES string of the molecule is O=C(c1ccc(O)cc1)c1ccc2cc(C(=O)c3ccc(O)cc3)ccc2c1. The fraction of sp³-hybridized carbons (Fsp3) is 0. The summed E-state index contributed by atoms with van der Waals surface area (Å²) in [4.78, 5) is 25.3. The monoisotopic (exact) mass is 368 g/mol. The van der Waals surface area contributed by atoms with Crippen molar-refractivity contribution in [3.05, 3.63) is 107 Å². The van der Waals surface area contributed by atoms with E-state index in [1.807, 2.05) is 12.1 Å². The number of carbonyl (C=O) groups excluding carboxylic acids is 2. The van der Waals surface area contributed by atoms with Gasteiger partial charge in [-0.1, -0.05) is 24.3 Å². The lowest BCUT2D eigenvalue weighted by atomic mass is 9.96. The molecule has 0 radical (unpaired) electrons. The summed E-state index contributed by atoms with van der Waals surface area (Å²) in [6.45, 7) is 0. The number of fused-ring (bicyclic) bond motifs is 1. The Labute approximate surface area is 161 Å². The number of phenols is 2. The van der Waals surface area contributed by atoms with Gasteiger partial charge in [-0.3, -0.25) is 9.59 Å². The van der Waals surface area contributed by atoms with E-state index in [4.69, 9.17) is 0 Å². The third kappa shape index (κ3) is 3.35. The van der Waals surface area contributed by atoms with E-state index in [-0.39, 0.29) is 23.1 Å². The molecule has 2 N–H and O–H groups in total. The van der Waals surface area contributed by atoms with Crippen LogP contribution in [0.15, 0.2) is 84.9 Å². The van der Waals surface area contributed by atoms with E-state index in [1.54, 1.807) is 48.5 Å². The smallest absolute Gasteiger partial charge is 0.193 e. The molecule has 0 spiro atoms. The highest BCUT2D eigenvalue weighted by Gasteiger charge is 2.12. The quantitative estimate of drug-likeness (QED) is 0.512. The predicted molar refractivity (Wildman–Crippen MR) is 107 cm³/mol. The highest BCUT2D eigenvalue weighted by atomic mass is 16.3.